The van der Waals surface area contributed by atoms with Crippen molar-refractivity contribution in [3.05, 3.63) is 71.9 Å². The van der Waals surface area contributed by atoms with Gasteiger partial charge in [-0.1, -0.05) is 48.5 Å². The smallest absolute Gasteiger partial charge is 0.270 e. The average Bonchev–Trinajstić information content (AvgIpc) is 3.07. The number of benzene rings is 2. The topological polar surface area (TPSA) is 45.5 Å². The Balaban J connectivity index is 1.72. The van der Waals surface area contributed by atoms with Crippen molar-refractivity contribution in [1.82, 2.24) is 9.47 Å². The Labute approximate surface area is 153 Å². The standard InChI is InChI=1S/C22H24N2O2/c25-16-18-9-6-12-23(14-18)22(26)21-13-19-10-4-5-11-20(19)24(21)15-17-7-2-1-3-8-17/h1-5,7-8,10-11,13,18,25H,6,9,12,14-16H2. The van der Waals surface area contributed by atoms with E-state index in [0.717, 1.165) is 36.0 Å². The molecule has 26 heavy (non-hydrogen) atoms. The maximum atomic E-state index is 13.3. The number of aliphatic hydroxyl groups excluding tert-OH is 1. The summed E-state index contributed by atoms with van der Waals surface area (Å²) in [6.45, 7) is 2.23. The molecule has 2 aromatic carbocycles. The third-order valence-electron chi connectivity index (χ3n) is 5.28. The van der Waals surface area contributed by atoms with E-state index >= 15 is 0 Å². The van der Waals surface area contributed by atoms with Gasteiger partial charge in [-0.25, -0.2) is 0 Å². The molecule has 1 atom stereocenters. The zero-order chi connectivity index (χ0) is 17.9. The zero-order valence-electron chi connectivity index (χ0n) is 14.8. The fraction of sp³-hybridized carbons (Fsp3) is 0.318. The first-order valence-corrected chi connectivity index (χ1v) is 9.28. The molecular formula is C22H24N2O2. The van der Waals surface area contributed by atoms with Crippen LogP contribution in [0.3, 0.4) is 0 Å². The van der Waals surface area contributed by atoms with Gasteiger partial charge < -0.3 is 14.6 Å². The van der Waals surface area contributed by atoms with E-state index < -0.39 is 0 Å². The Morgan fingerprint density at radius 2 is 1.85 bits per heavy atom. The molecule has 0 saturated carbocycles. The normalized spacial score (nSPS) is 17.6. The van der Waals surface area contributed by atoms with E-state index in [4.69, 9.17) is 0 Å². The van der Waals surface area contributed by atoms with Crippen LogP contribution in [0, 0.1) is 5.92 Å². The summed E-state index contributed by atoms with van der Waals surface area (Å²) in [4.78, 5) is 15.2. The number of hydrogen-bond acceptors (Lipinski definition) is 2. The molecule has 4 rings (SSSR count). The van der Waals surface area contributed by atoms with Gasteiger partial charge in [-0.3, -0.25) is 4.79 Å². The number of rotatable bonds is 4. The second-order valence-corrected chi connectivity index (χ2v) is 7.10. The van der Waals surface area contributed by atoms with Crippen molar-refractivity contribution in [1.29, 1.82) is 0 Å². The van der Waals surface area contributed by atoms with E-state index in [1.54, 1.807) is 0 Å². The molecule has 1 fully saturated rings. The number of nitrogens with zero attached hydrogens (tertiary/aromatic N) is 2. The van der Waals surface area contributed by atoms with Crippen LogP contribution in [0.5, 0.6) is 0 Å². The molecule has 4 nitrogen and oxygen atoms in total. The molecule has 0 spiro atoms. The highest BCUT2D eigenvalue weighted by Crippen LogP contribution is 2.24. The van der Waals surface area contributed by atoms with E-state index in [2.05, 4.69) is 28.8 Å². The van der Waals surface area contributed by atoms with Crippen LogP contribution in [0.25, 0.3) is 10.9 Å². The van der Waals surface area contributed by atoms with Crippen molar-refractivity contribution in [2.24, 2.45) is 5.92 Å². The molecule has 4 heteroatoms. The number of aromatic nitrogens is 1. The molecule has 0 radical (unpaired) electrons. The molecule has 134 valence electrons. The predicted molar refractivity (Wildman–Crippen MR) is 103 cm³/mol. The number of amides is 1. The SMILES string of the molecule is O=C(c1cc2ccccc2n1Cc1ccccc1)N1CCCC(CO)C1. The van der Waals surface area contributed by atoms with Crippen LogP contribution >= 0.6 is 0 Å². The molecule has 2 heterocycles. The lowest BCUT2D eigenvalue weighted by Gasteiger charge is -2.32. The summed E-state index contributed by atoms with van der Waals surface area (Å²) in [7, 11) is 0. The number of para-hydroxylation sites is 1. The van der Waals surface area contributed by atoms with Crippen molar-refractivity contribution in [3.63, 3.8) is 0 Å². The van der Waals surface area contributed by atoms with Gasteiger partial charge in [-0.2, -0.15) is 0 Å². The first kappa shape index (κ1) is 16.9. The minimum atomic E-state index is 0.0651. The molecule has 0 bridgehead atoms. The molecule has 1 unspecified atom stereocenters. The Hall–Kier alpha value is -2.59. The van der Waals surface area contributed by atoms with Crippen molar-refractivity contribution in [2.75, 3.05) is 19.7 Å². The number of likely N-dealkylation sites (tertiary alicyclic amines) is 1. The van der Waals surface area contributed by atoms with Gasteiger partial charge >= 0.3 is 0 Å². The largest absolute Gasteiger partial charge is 0.396 e. The molecule has 1 N–H and O–H groups in total. The maximum absolute atomic E-state index is 13.3. The summed E-state index contributed by atoms with van der Waals surface area (Å²) in [6, 6.07) is 20.4. The summed E-state index contributed by atoms with van der Waals surface area (Å²) < 4.78 is 2.12. The van der Waals surface area contributed by atoms with Gasteiger partial charge in [-0.05, 0) is 36.5 Å². The van der Waals surface area contributed by atoms with Gasteiger partial charge in [0, 0.05) is 37.1 Å². The van der Waals surface area contributed by atoms with Crippen LogP contribution in [0.15, 0.2) is 60.7 Å². The Morgan fingerprint density at radius 3 is 2.65 bits per heavy atom. The second kappa shape index (κ2) is 7.34. The summed E-state index contributed by atoms with van der Waals surface area (Å²) in [5.41, 5.74) is 2.99. The van der Waals surface area contributed by atoms with E-state index in [1.807, 2.05) is 41.3 Å². The first-order chi connectivity index (χ1) is 12.8. The Bertz CT molecular complexity index is 901. The highest BCUT2D eigenvalue weighted by molar-refractivity contribution is 5.99. The molecule has 0 aliphatic carbocycles. The van der Waals surface area contributed by atoms with Crippen LogP contribution in [-0.4, -0.2) is 40.2 Å². The van der Waals surface area contributed by atoms with E-state index in [0.29, 0.717) is 13.1 Å². The van der Waals surface area contributed by atoms with E-state index in [9.17, 15) is 9.90 Å². The number of fused-ring (bicyclic) bond motifs is 1. The lowest BCUT2D eigenvalue weighted by atomic mass is 9.99. The first-order valence-electron chi connectivity index (χ1n) is 9.28. The van der Waals surface area contributed by atoms with Gasteiger partial charge in [0.15, 0.2) is 0 Å². The van der Waals surface area contributed by atoms with Crippen LogP contribution in [0.1, 0.15) is 28.9 Å². The molecule has 1 aromatic heterocycles. The van der Waals surface area contributed by atoms with Crippen LogP contribution in [0.4, 0.5) is 0 Å². The van der Waals surface area contributed by atoms with Gasteiger partial charge in [0.2, 0.25) is 0 Å². The van der Waals surface area contributed by atoms with E-state index in [-0.39, 0.29) is 18.4 Å². The van der Waals surface area contributed by atoms with Crippen molar-refractivity contribution in [2.45, 2.75) is 19.4 Å². The number of aliphatic hydroxyl groups is 1. The van der Waals surface area contributed by atoms with Gasteiger partial charge in [0.05, 0.1) is 0 Å². The third kappa shape index (κ3) is 3.25. The monoisotopic (exact) mass is 348 g/mol. The Kier molecular flexibility index (Phi) is 4.76. The third-order valence-corrected chi connectivity index (χ3v) is 5.28. The summed E-state index contributed by atoms with van der Waals surface area (Å²) in [6.07, 6.45) is 1.95. The highest BCUT2D eigenvalue weighted by Gasteiger charge is 2.26. The number of carbonyl (C=O) groups is 1. The van der Waals surface area contributed by atoms with E-state index in [1.165, 1.54) is 5.56 Å². The Morgan fingerprint density at radius 1 is 1.08 bits per heavy atom. The minimum absolute atomic E-state index is 0.0651. The quantitative estimate of drug-likeness (QED) is 0.784. The second-order valence-electron chi connectivity index (χ2n) is 7.10. The zero-order valence-corrected chi connectivity index (χ0v) is 14.8. The average molecular weight is 348 g/mol. The minimum Gasteiger partial charge on any atom is -0.396 e. The highest BCUT2D eigenvalue weighted by atomic mass is 16.3. The van der Waals surface area contributed by atoms with Crippen molar-refractivity contribution < 1.29 is 9.90 Å². The van der Waals surface area contributed by atoms with Gasteiger partial charge in [0.1, 0.15) is 5.69 Å². The summed E-state index contributed by atoms with van der Waals surface area (Å²) in [5.74, 6) is 0.259. The number of carbonyl (C=O) groups excluding carboxylic acids is 1. The van der Waals surface area contributed by atoms with Gasteiger partial charge in [0.25, 0.3) is 5.91 Å². The van der Waals surface area contributed by atoms with Crippen LogP contribution < -0.4 is 0 Å². The van der Waals surface area contributed by atoms with Gasteiger partial charge in [-0.15, -0.1) is 0 Å². The van der Waals surface area contributed by atoms with Crippen LogP contribution in [-0.2, 0) is 6.54 Å². The predicted octanol–water partition coefficient (Wildman–Crippen LogP) is 3.53. The lowest BCUT2D eigenvalue weighted by molar-refractivity contribution is 0.0611. The number of piperidine rings is 1. The van der Waals surface area contributed by atoms with Crippen molar-refractivity contribution in [3.8, 4) is 0 Å². The molecular weight excluding hydrogens is 324 g/mol. The number of hydrogen-bond donors (Lipinski definition) is 1. The molecule has 3 aromatic rings. The lowest BCUT2D eigenvalue weighted by Crippen LogP contribution is -2.41. The molecule has 1 aliphatic rings. The molecule has 1 aliphatic heterocycles. The summed E-state index contributed by atoms with van der Waals surface area (Å²) in [5, 5.41) is 10.6. The fourth-order valence-electron chi connectivity index (χ4n) is 3.88. The maximum Gasteiger partial charge on any atom is 0.270 e. The van der Waals surface area contributed by atoms with Crippen molar-refractivity contribution >= 4 is 16.8 Å². The fourth-order valence-corrected chi connectivity index (χ4v) is 3.88. The van der Waals surface area contributed by atoms with Crippen LogP contribution in [0.2, 0.25) is 0 Å². The molecule has 1 saturated heterocycles. The summed E-state index contributed by atoms with van der Waals surface area (Å²) >= 11 is 0. The molecule has 1 amide bonds.